The maximum atomic E-state index is 13.9. The number of hydrogen-bond donors (Lipinski definition) is 1. The van der Waals surface area contributed by atoms with Crippen LogP contribution < -0.4 is 14.1 Å². The van der Waals surface area contributed by atoms with Gasteiger partial charge in [-0.3, -0.25) is 14.9 Å². The Bertz CT molecular complexity index is 1280. The van der Waals surface area contributed by atoms with Gasteiger partial charge in [0.2, 0.25) is 0 Å². The van der Waals surface area contributed by atoms with Gasteiger partial charge in [0.1, 0.15) is 24.1 Å². The van der Waals surface area contributed by atoms with E-state index in [0.29, 0.717) is 5.56 Å². The van der Waals surface area contributed by atoms with Crippen molar-refractivity contribution in [3.63, 3.8) is 0 Å². The molecule has 0 saturated carbocycles. The smallest absolute Gasteiger partial charge is 0.460 e. The normalized spacial score (nSPS) is 13.5. The third kappa shape index (κ3) is 7.28. The van der Waals surface area contributed by atoms with Crippen LogP contribution in [0.5, 0.6) is 11.5 Å². The molecule has 9 nitrogen and oxygen atoms in total. The zero-order valence-electron chi connectivity index (χ0n) is 20.1. The van der Waals surface area contributed by atoms with Crippen LogP contribution in [0.2, 0.25) is 0 Å². The minimum atomic E-state index is -4.23. The number of carbonyl (C=O) groups excluding carboxylic acids is 1. The number of carbonyl (C=O) groups is 1. The van der Waals surface area contributed by atoms with Crippen molar-refractivity contribution in [1.82, 2.24) is 5.09 Å². The molecule has 0 aliphatic carbocycles. The van der Waals surface area contributed by atoms with Gasteiger partial charge in [0.25, 0.3) is 5.69 Å². The van der Waals surface area contributed by atoms with E-state index in [-0.39, 0.29) is 23.8 Å². The van der Waals surface area contributed by atoms with Gasteiger partial charge >= 0.3 is 13.7 Å². The Morgan fingerprint density at radius 2 is 1.75 bits per heavy atom. The summed E-state index contributed by atoms with van der Waals surface area (Å²) in [5, 5.41) is 13.6. The van der Waals surface area contributed by atoms with Gasteiger partial charge in [-0.1, -0.05) is 54.6 Å². The standard InChI is InChI=1S/C26H27N2O7P/c1-4-9-24-19(2)10-8-13-25(24)35-36(32,34-23-16-14-22(15-17-23)28(30)31)27-20(3)26(29)33-18-21-11-6-5-7-12-21/h4-17,20H,18H2,1-3H3,(H,27,32)/b9-4-/t20-,36?/m0/s1. The molecule has 0 radical (unpaired) electrons. The van der Waals surface area contributed by atoms with Crippen molar-refractivity contribution in [2.45, 2.75) is 33.4 Å². The Balaban J connectivity index is 1.85. The number of nitro groups is 1. The maximum absolute atomic E-state index is 13.9. The van der Waals surface area contributed by atoms with Crippen LogP contribution >= 0.6 is 7.75 Å². The number of nitrogens with zero attached hydrogens (tertiary/aromatic N) is 1. The Labute approximate surface area is 209 Å². The van der Waals surface area contributed by atoms with Gasteiger partial charge in [-0.2, -0.15) is 5.09 Å². The second-order valence-electron chi connectivity index (χ2n) is 7.86. The fraction of sp³-hybridized carbons (Fsp3) is 0.192. The topological polar surface area (TPSA) is 117 Å². The van der Waals surface area contributed by atoms with E-state index in [4.69, 9.17) is 13.8 Å². The van der Waals surface area contributed by atoms with E-state index in [1.54, 1.807) is 18.2 Å². The molecule has 188 valence electrons. The van der Waals surface area contributed by atoms with Gasteiger partial charge in [0, 0.05) is 17.7 Å². The number of nitro benzene ring substituents is 1. The molecule has 0 aliphatic heterocycles. The molecule has 10 heteroatoms. The molecule has 1 unspecified atom stereocenters. The average molecular weight is 510 g/mol. The first-order chi connectivity index (χ1) is 17.2. The Morgan fingerprint density at radius 1 is 1.06 bits per heavy atom. The summed E-state index contributed by atoms with van der Waals surface area (Å²) in [4.78, 5) is 23.1. The minimum absolute atomic E-state index is 0.0450. The van der Waals surface area contributed by atoms with Crippen LogP contribution in [0.3, 0.4) is 0 Å². The van der Waals surface area contributed by atoms with E-state index in [0.717, 1.165) is 11.1 Å². The van der Waals surface area contributed by atoms with Gasteiger partial charge in [0.15, 0.2) is 0 Å². The minimum Gasteiger partial charge on any atom is -0.460 e. The molecule has 0 heterocycles. The van der Waals surface area contributed by atoms with E-state index >= 15 is 0 Å². The zero-order chi connectivity index (χ0) is 26.1. The highest BCUT2D eigenvalue weighted by Crippen LogP contribution is 2.47. The highest BCUT2D eigenvalue weighted by molar-refractivity contribution is 7.52. The summed E-state index contributed by atoms with van der Waals surface area (Å²) in [6.07, 6.45) is 3.62. The molecule has 0 saturated heterocycles. The molecule has 36 heavy (non-hydrogen) atoms. The lowest BCUT2D eigenvalue weighted by Crippen LogP contribution is -2.35. The number of esters is 1. The van der Waals surface area contributed by atoms with E-state index in [1.165, 1.54) is 31.2 Å². The van der Waals surface area contributed by atoms with Gasteiger partial charge in [-0.15, -0.1) is 0 Å². The number of nitrogens with one attached hydrogen (secondary N) is 1. The second kappa shape index (κ2) is 12.2. The van der Waals surface area contributed by atoms with Crippen molar-refractivity contribution in [3.8, 4) is 11.5 Å². The van der Waals surface area contributed by atoms with Crippen LogP contribution in [-0.4, -0.2) is 16.9 Å². The summed E-state index contributed by atoms with van der Waals surface area (Å²) in [5.41, 5.74) is 2.21. The Hall–Kier alpha value is -3.94. The van der Waals surface area contributed by atoms with Gasteiger partial charge in [-0.25, -0.2) is 4.57 Å². The number of rotatable bonds is 11. The quantitative estimate of drug-likeness (QED) is 0.140. The highest BCUT2D eigenvalue weighted by atomic mass is 31.2. The van der Waals surface area contributed by atoms with Crippen LogP contribution in [-0.2, 0) is 20.7 Å². The van der Waals surface area contributed by atoms with E-state index in [1.807, 2.05) is 56.3 Å². The van der Waals surface area contributed by atoms with Crippen molar-refractivity contribution >= 4 is 25.5 Å². The Morgan fingerprint density at radius 3 is 2.39 bits per heavy atom. The second-order valence-corrected chi connectivity index (χ2v) is 9.48. The van der Waals surface area contributed by atoms with Gasteiger partial charge in [-0.05, 0) is 50.1 Å². The molecule has 0 aromatic heterocycles. The summed E-state index contributed by atoms with van der Waals surface area (Å²) in [6.45, 7) is 5.24. The van der Waals surface area contributed by atoms with E-state index < -0.39 is 24.7 Å². The molecule has 0 spiro atoms. The van der Waals surface area contributed by atoms with Crippen LogP contribution in [0.15, 0.2) is 78.9 Å². The molecular formula is C26H27N2O7P. The lowest BCUT2D eigenvalue weighted by atomic mass is 10.1. The first-order valence-electron chi connectivity index (χ1n) is 11.1. The Kier molecular flexibility index (Phi) is 9.00. The van der Waals surface area contributed by atoms with Crippen molar-refractivity contribution in [1.29, 1.82) is 0 Å². The summed E-state index contributed by atoms with van der Waals surface area (Å²) in [5.74, 6) is -0.329. The van der Waals surface area contributed by atoms with Crippen LogP contribution in [0, 0.1) is 17.0 Å². The lowest BCUT2D eigenvalue weighted by Gasteiger charge is -2.24. The van der Waals surface area contributed by atoms with Crippen LogP contribution in [0.4, 0.5) is 5.69 Å². The molecule has 0 amide bonds. The molecule has 3 rings (SSSR count). The number of benzene rings is 3. The first-order valence-corrected chi connectivity index (χ1v) is 12.7. The monoisotopic (exact) mass is 510 g/mol. The number of non-ortho nitro benzene ring substituents is 1. The van der Waals surface area contributed by atoms with Crippen molar-refractivity contribution in [2.24, 2.45) is 0 Å². The van der Waals surface area contributed by atoms with E-state index in [9.17, 15) is 19.5 Å². The van der Waals surface area contributed by atoms with Crippen molar-refractivity contribution < 1.29 is 28.1 Å². The third-order valence-corrected chi connectivity index (χ3v) is 6.63. The lowest BCUT2D eigenvalue weighted by molar-refractivity contribution is -0.384. The first kappa shape index (κ1) is 26.7. The zero-order valence-corrected chi connectivity index (χ0v) is 21.0. The van der Waals surface area contributed by atoms with Crippen LogP contribution in [0.1, 0.15) is 30.5 Å². The molecule has 0 bridgehead atoms. The predicted molar refractivity (Wildman–Crippen MR) is 137 cm³/mol. The maximum Gasteiger partial charge on any atom is 0.513 e. The van der Waals surface area contributed by atoms with Gasteiger partial charge in [0.05, 0.1) is 4.92 Å². The van der Waals surface area contributed by atoms with Crippen molar-refractivity contribution in [3.05, 3.63) is 106 Å². The van der Waals surface area contributed by atoms with Crippen LogP contribution in [0.25, 0.3) is 6.08 Å². The summed E-state index contributed by atoms with van der Waals surface area (Å²) < 4.78 is 30.8. The number of aryl methyl sites for hydroxylation is 1. The molecule has 2 atom stereocenters. The molecule has 0 fully saturated rings. The molecule has 3 aromatic carbocycles. The molecule has 3 aromatic rings. The molecular weight excluding hydrogens is 483 g/mol. The van der Waals surface area contributed by atoms with Crippen molar-refractivity contribution in [2.75, 3.05) is 0 Å². The summed E-state index contributed by atoms with van der Waals surface area (Å²) >= 11 is 0. The SMILES string of the molecule is C/C=C\c1c(C)cccc1OP(=O)(N[C@@H](C)C(=O)OCc1ccccc1)Oc1ccc([N+](=O)[O-])cc1. The largest absolute Gasteiger partial charge is 0.513 e. The summed E-state index contributed by atoms with van der Waals surface area (Å²) in [6, 6.07) is 18.4. The number of hydrogen-bond acceptors (Lipinski definition) is 7. The number of ether oxygens (including phenoxy) is 1. The predicted octanol–water partition coefficient (Wildman–Crippen LogP) is 6.22. The average Bonchev–Trinajstić information content (AvgIpc) is 2.85. The number of allylic oxidation sites excluding steroid dienone is 1. The fourth-order valence-electron chi connectivity index (χ4n) is 3.23. The molecule has 1 N–H and O–H groups in total. The molecule has 0 aliphatic rings. The highest BCUT2D eigenvalue weighted by Gasteiger charge is 2.34. The summed E-state index contributed by atoms with van der Waals surface area (Å²) in [7, 11) is -4.23. The van der Waals surface area contributed by atoms with E-state index in [2.05, 4.69) is 5.09 Å². The fourth-order valence-corrected chi connectivity index (χ4v) is 4.77. The third-order valence-electron chi connectivity index (χ3n) is 5.04. The van der Waals surface area contributed by atoms with Gasteiger partial charge < -0.3 is 13.8 Å².